The Kier molecular flexibility index (Phi) is 7.57. The van der Waals surface area contributed by atoms with Gasteiger partial charge in [-0.3, -0.25) is 0 Å². The zero-order valence-corrected chi connectivity index (χ0v) is 17.4. The topological polar surface area (TPSA) is 62.8 Å². The van der Waals surface area contributed by atoms with Gasteiger partial charge in [-0.05, 0) is 44.7 Å². The lowest BCUT2D eigenvalue weighted by molar-refractivity contribution is -0.00518. The van der Waals surface area contributed by atoms with Gasteiger partial charge in [-0.2, -0.15) is 0 Å². The molecule has 1 saturated heterocycles. The second kappa shape index (κ2) is 10.1. The number of urea groups is 1. The van der Waals surface area contributed by atoms with E-state index in [1.807, 2.05) is 24.3 Å². The first-order chi connectivity index (χ1) is 13.5. The van der Waals surface area contributed by atoms with E-state index in [1.165, 1.54) is 19.3 Å². The fourth-order valence-electron chi connectivity index (χ4n) is 4.30. The number of para-hydroxylation sites is 2. The number of amides is 2. The van der Waals surface area contributed by atoms with Gasteiger partial charge < -0.3 is 25.0 Å². The highest BCUT2D eigenvalue weighted by molar-refractivity contribution is 5.93. The molecule has 28 heavy (non-hydrogen) atoms. The lowest BCUT2D eigenvalue weighted by Gasteiger charge is -2.37. The van der Waals surface area contributed by atoms with Crippen molar-refractivity contribution in [3.63, 3.8) is 0 Å². The summed E-state index contributed by atoms with van der Waals surface area (Å²) in [5.74, 6) is 0.618. The van der Waals surface area contributed by atoms with Crippen LogP contribution in [0.2, 0.25) is 0 Å². The van der Waals surface area contributed by atoms with Crippen LogP contribution in [-0.2, 0) is 9.47 Å². The van der Waals surface area contributed by atoms with Crippen LogP contribution < -0.4 is 15.5 Å². The minimum Gasteiger partial charge on any atom is -0.376 e. The van der Waals surface area contributed by atoms with Crippen LogP contribution in [0.1, 0.15) is 46.5 Å². The Morgan fingerprint density at radius 2 is 1.86 bits per heavy atom. The number of nitrogens with one attached hydrogen (secondary N) is 2. The standard InChI is InChI=1S/C22H35N3O3/c1-16-8-4-7-11-21(16)27-13-12-23-22(26)24-19-9-5-6-10-20(19)25-14-17(2)28-18(3)15-25/h5-6,9-10,16-18,21H,4,7-8,11-15H2,1-3H3,(H2,23,24,26)/t16-,17-,18+,21+/m0/s1. The molecule has 0 spiro atoms. The van der Waals surface area contributed by atoms with Gasteiger partial charge in [0.15, 0.2) is 0 Å². The fraction of sp³-hybridized carbons (Fsp3) is 0.682. The molecule has 0 bridgehead atoms. The summed E-state index contributed by atoms with van der Waals surface area (Å²) in [6, 6.07) is 7.75. The van der Waals surface area contributed by atoms with Gasteiger partial charge in [0.25, 0.3) is 0 Å². The lowest BCUT2D eigenvalue weighted by Crippen LogP contribution is -2.46. The molecule has 2 aliphatic rings. The average Bonchev–Trinajstić information content (AvgIpc) is 2.66. The molecule has 6 nitrogen and oxygen atoms in total. The average molecular weight is 390 g/mol. The molecule has 0 radical (unpaired) electrons. The van der Waals surface area contributed by atoms with E-state index in [2.05, 4.69) is 36.3 Å². The summed E-state index contributed by atoms with van der Waals surface area (Å²) in [6.07, 6.45) is 5.62. The minimum absolute atomic E-state index is 0.171. The van der Waals surface area contributed by atoms with Crippen LogP contribution in [0.25, 0.3) is 0 Å². The van der Waals surface area contributed by atoms with Crippen LogP contribution in [0.5, 0.6) is 0 Å². The van der Waals surface area contributed by atoms with Crippen molar-refractivity contribution in [2.45, 2.75) is 64.8 Å². The molecule has 1 aliphatic carbocycles. The van der Waals surface area contributed by atoms with Crippen molar-refractivity contribution in [3.05, 3.63) is 24.3 Å². The summed E-state index contributed by atoms with van der Waals surface area (Å²) in [5.41, 5.74) is 1.86. The molecule has 1 heterocycles. The molecule has 4 atom stereocenters. The summed E-state index contributed by atoms with van der Waals surface area (Å²) < 4.78 is 11.8. The molecule has 1 aromatic carbocycles. The van der Waals surface area contributed by atoms with E-state index in [4.69, 9.17) is 9.47 Å². The van der Waals surface area contributed by atoms with Crippen molar-refractivity contribution in [1.29, 1.82) is 0 Å². The highest BCUT2D eigenvalue weighted by atomic mass is 16.5. The van der Waals surface area contributed by atoms with Crippen LogP contribution in [-0.4, -0.2) is 50.6 Å². The zero-order chi connectivity index (χ0) is 19.9. The van der Waals surface area contributed by atoms with Crippen LogP contribution in [0.3, 0.4) is 0 Å². The van der Waals surface area contributed by atoms with E-state index in [0.717, 1.165) is 30.9 Å². The molecule has 0 aromatic heterocycles. The zero-order valence-electron chi connectivity index (χ0n) is 17.4. The Hall–Kier alpha value is -1.79. The molecular formula is C22H35N3O3. The summed E-state index contributed by atoms with van der Waals surface area (Å²) in [4.78, 5) is 14.7. The number of morpholine rings is 1. The third kappa shape index (κ3) is 5.85. The monoisotopic (exact) mass is 389 g/mol. The number of carbonyl (C=O) groups excluding carboxylic acids is 1. The van der Waals surface area contributed by atoms with Gasteiger partial charge >= 0.3 is 6.03 Å². The summed E-state index contributed by atoms with van der Waals surface area (Å²) in [5, 5.41) is 5.91. The molecule has 2 N–H and O–H groups in total. The molecule has 0 unspecified atom stereocenters. The molecule has 2 amide bonds. The van der Waals surface area contributed by atoms with Crippen LogP contribution in [0, 0.1) is 5.92 Å². The maximum Gasteiger partial charge on any atom is 0.319 e. The Morgan fingerprint density at radius 1 is 1.14 bits per heavy atom. The minimum atomic E-state index is -0.193. The van der Waals surface area contributed by atoms with E-state index < -0.39 is 0 Å². The van der Waals surface area contributed by atoms with Crippen molar-refractivity contribution in [2.75, 3.05) is 36.5 Å². The maximum atomic E-state index is 12.4. The van der Waals surface area contributed by atoms with E-state index in [9.17, 15) is 4.79 Å². The Bertz CT molecular complexity index is 629. The van der Waals surface area contributed by atoms with Crippen LogP contribution in [0.15, 0.2) is 24.3 Å². The van der Waals surface area contributed by atoms with Gasteiger partial charge in [0.1, 0.15) is 0 Å². The summed E-state index contributed by atoms with van der Waals surface area (Å²) in [6.45, 7) is 9.13. The van der Waals surface area contributed by atoms with Gasteiger partial charge in [-0.25, -0.2) is 4.79 Å². The molecular weight excluding hydrogens is 354 g/mol. The van der Waals surface area contributed by atoms with Gasteiger partial charge in [-0.1, -0.05) is 31.9 Å². The molecule has 1 aliphatic heterocycles. The molecule has 1 saturated carbocycles. The number of ether oxygens (including phenoxy) is 2. The maximum absolute atomic E-state index is 12.4. The summed E-state index contributed by atoms with van der Waals surface area (Å²) in [7, 11) is 0. The van der Waals surface area contributed by atoms with E-state index in [-0.39, 0.29) is 18.2 Å². The van der Waals surface area contributed by atoms with Crippen LogP contribution in [0.4, 0.5) is 16.2 Å². The number of hydrogen-bond donors (Lipinski definition) is 2. The molecule has 1 aromatic rings. The SMILES string of the molecule is C[C@@H]1CN(c2ccccc2NC(=O)NCCO[C@@H]2CCCC[C@@H]2C)C[C@H](C)O1. The number of rotatable bonds is 6. The highest BCUT2D eigenvalue weighted by Crippen LogP contribution is 2.28. The second-order valence-electron chi connectivity index (χ2n) is 8.23. The first-order valence-corrected chi connectivity index (χ1v) is 10.7. The molecule has 156 valence electrons. The van der Waals surface area contributed by atoms with Gasteiger partial charge in [0, 0.05) is 19.6 Å². The van der Waals surface area contributed by atoms with E-state index in [1.54, 1.807) is 0 Å². The third-order valence-corrected chi connectivity index (χ3v) is 5.66. The van der Waals surface area contributed by atoms with Crippen molar-refractivity contribution in [3.8, 4) is 0 Å². The Morgan fingerprint density at radius 3 is 2.61 bits per heavy atom. The van der Waals surface area contributed by atoms with Gasteiger partial charge in [0.05, 0.1) is 36.3 Å². The quantitative estimate of drug-likeness (QED) is 0.722. The first-order valence-electron chi connectivity index (χ1n) is 10.7. The predicted molar refractivity (Wildman–Crippen MR) is 113 cm³/mol. The van der Waals surface area contributed by atoms with Crippen molar-refractivity contribution in [2.24, 2.45) is 5.92 Å². The second-order valence-corrected chi connectivity index (χ2v) is 8.23. The number of anilines is 2. The first kappa shape index (κ1) is 20.9. The Balaban J connectivity index is 1.47. The smallest absolute Gasteiger partial charge is 0.319 e. The number of hydrogen-bond acceptors (Lipinski definition) is 4. The third-order valence-electron chi connectivity index (χ3n) is 5.66. The largest absolute Gasteiger partial charge is 0.376 e. The van der Waals surface area contributed by atoms with Crippen molar-refractivity contribution < 1.29 is 14.3 Å². The van der Waals surface area contributed by atoms with E-state index in [0.29, 0.717) is 25.2 Å². The predicted octanol–water partition coefficient (Wildman–Crippen LogP) is 4.02. The Labute approximate surface area is 169 Å². The van der Waals surface area contributed by atoms with Crippen LogP contribution >= 0.6 is 0 Å². The lowest BCUT2D eigenvalue weighted by atomic mass is 9.88. The van der Waals surface area contributed by atoms with Gasteiger partial charge in [0.2, 0.25) is 0 Å². The van der Waals surface area contributed by atoms with Gasteiger partial charge in [-0.15, -0.1) is 0 Å². The summed E-state index contributed by atoms with van der Waals surface area (Å²) >= 11 is 0. The van der Waals surface area contributed by atoms with E-state index >= 15 is 0 Å². The number of carbonyl (C=O) groups is 1. The molecule has 3 rings (SSSR count). The normalized spacial score (nSPS) is 28.0. The molecule has 6 heteroatoms. The van der Waals surface area contributed by atoms with Crippen molar-refractivity contribution in [1.82, 2.24) is 5.32 Å². The van der Waals surface area contributed by atoms with Crippen molar-refractivity contribution >= 4 is 17.4 Å². The highest BCUT2D eigenvalue weighted by Gasteiger charge is 2.24. The fourth-order valence-corrected chi connectivity index (χ4v) is 4.30. The number of nitrogens with zero attached hydrogens (tertiary/aromatic N) is 1. The number of benzene rings is 1. The molecule has 2 fully saturated rings.